The van der Waals surface area contributed by atoms with Crippen molar-refractivity contribution in [3.63, 3.8) is 0 Å². The molecular formula is C8H7O2. The third kappa shape index (κ3) is 1.10. The van der Waals surface area contributed by atoms with E-state index in [9.17, 15) is 0 Å². The fourth-order valence-electron chi connectivity index (χ4n) is 0.644. The maximum absolute atomic E-state index is 8.91. The highest BCUT2D eigenvalue weighted by Gasteiger charge is 1.96. The molecule has 2 heteroatoms. The molecule has 0 amide bonds. The Labute approximate surface area is 59.1 Å². The highest BCUT2D eigenvalue weighted by molar-refractivity contribution is 5.52. The lowest BCUT2D eigenvalue weighted by molar-refractivity contribution is 0.403. The Morgan fingerprint density at radius 3 is 2.40 bits per heavy atom. The van der Waals surface area contributed by atoms with Crippen LogP contribution in [-0.4, -0.2) is 10.2 Å². The van der Waals surface area contributed by atoms with Crippen LogP contribution in [0, 0.1) is 6.58 Å². The first-order chi connectivity index (χ1) is 4.74. The van der Waals surface area contributed by atoms with Crippen LogP contribution in [0.25, 0.3) is 6.08 Å². The zero-order chi connectivity index (χ0) is 7.56. The highest BCUT2D eigenvalue weighted by Crippen LogP contribution is 2.24. The fourth-order valence-corrected chi connectivity index (χ4v) is 0.644. The number of aromatic hydroxyl groups is 2. The van der Waals surface area contributed by atoms with Crippen molar-refractivity contribution in [2.75, 3.05) is 0 Å². The normalized spacial score (nSPS) is 9.20. The number of phenolic OH excluding ortho intramolecular Hbond substituents is 2. The largest absolute Gasteiger partial charge is 0.504 e. The summed E-state index contributed by atoms with van der Waals surface area (Å²) in [5, 5.41) is 17.7. The lowest BCUT2D eigenvalue weighted by Gasteiger charge is -1.96. The molecule has 0 spiro atoms. The Balaban J connectivity index is 3.16. The Morgan fingerprint density at radius 1 is 1.20 bits per heavy atom. The van der Waals surface area contributed by atoms with E-state index in [4.69, 9.17) is 16.8 Å². The van der Waals surface area contributed by atoms with Gasteiger partial charge in [-0.2, -0.15) is 0 Å². The minimum atomic E-state index is -0.154. The molecule has 0 aromatic heterocycles. The van der Waals surface area contributed by atoms with E-state index in [2.05, 4.69) is 0 Å². The van der Waals surface area contributed by atoms with E-state index in [1.54, 1.807) is 6.07 Å². The molecule has 0 aliphatic heterocycles. The van der Waals surface area contributed by atoms with E-state index in [0.29, 0.717) is 5.56 Å². The average Bonchev–Trinajstić information content (AvgIpc) is 1.95. The molecule has 10 heavy (non-hydrogen) atoms. The monoisotopic (exact) mass is 135 g/mol. The molecule has 51 valence electrons. The summed E-state index contributed by atoms with van der Waals surface area (Å²) < 4.78 is 0. The van der Waals surface area contributed by atoms with Gasteiger partial charge in [-0.15, -0.1) is 0 Å². The summed E-state index contributed by atoms with van der Waals surface area (Å²) in [4.78, 5) is 0. The number of benzene rings is 1. The molecule has 2 nitrogen and oxygen atoms in total. The Hall–Kier alpha value is -1.44. The van der Waals surface area contributed by atoms with E-state index in [1.807, 2.05) is 0 Å². The van der Waals surface area contributed by atoms with Gasteiger partial charge in [-0.25, -0.2) is 0 Å². The van der Waals surface area contributed by atoms with Gasteiger partial charge >= 0.3 is 0 Å². The van der Waals surface area contributed by atoms with Crippen LogP contribution in [-0.2, 0) is 0 Å². The molecule has 0 atom stereocenters. The van der Waals surface area contributed by atoms with Gasteiger partial charge in [0.15, 0.2) is 11.5 Å². The molecule has 0 aliphatic rings. The molecule has 0 saturated heterocycles. The average molecular weight is 135 g/mol. The molecular weight excluding hydrogens is 128 g/mol. The van der Waals surface area contributed by atoms with Crippen molar-refractivity contribution in [2.45, 2.75) is 0 Å². The third-order valence-corrected chi connectivity index (χ3v) is 1.19. The first-order valence-corrected chi connectivity index (χ1v) is 2.81. The predicted octanol–water partition coefficient (Wildman–Crippen LogP) is 1.54. The molecule has 1 radical (unpaired) electrons. The zero-order valence-corrected chi connectivity index (χ0v) is 5.28. The maximum Gasteiger partial charge on any atom is 0.157 e. The second-order valence-corrected chi connectivity index (χ2v) is 1.91. The van der Waals surface area contributed by atoms with Crippen molar-refractivity contribution < 1.29 is 10.2 Å². The van der Waals surface area contributed by atoms with Crippen LogP contribution in [0.5, 0.6) is 11.5 Å². The van der Waals surface area contributed by atoms with Gasteiger partial charge in [0.2, 0.25) is 0 Å². The predicted molar refractivity (Wildman–Crippen MR) is 38.5 cm³/mol. The lowest BCUT2D eigenvalue weighted by atomic mass is 10.2. The van der Waals surface area contributed by atoms with Gasteiger partial charge < -0.3 is 10.2 Å². The summed E-state index contributed by atoms with van der Waals surface area (Å²) in [5.74, 6) is -0.287. The van der Waals surface area contributed by atoms with Gasteiger partial charge in [0, 0.05) is 0 Å². The van der Waals surface area contributed by atoms with Crippen LogP contribution in [0.2, 0.25) is 0 Å². The summed E-state index contributed by atoms with van der Waals surface area (Å²) in [6.45, 7) is 5.15. The molecule has 1 aromatic carbocycles. The second-order valence-electron chi connectivity index (χ2n) is 1.91. The second kappa shape index (κ2) is 2.43. The van der Waals surface area contributed by atoms with Crippen molar-refractivity contribution >= 4 is 6.08 Å². The first kappa shape index (κ1) is 6.68. The molecule has 0 aliphatic carbocycles. The first-order valence-electron chi connectivity index (χ1n) is 2.81. The number of hydrogen-bond acceptors (Lipinski definition) is 2. The summed E-state index contributed by atoms with van der Waals surface area (Å²) >= 11 is 0. The van der Waals surface area contributed by atoms with Crippen LogP contribution in [0.3, 0.4) is 0 Å². The van der Waals surface area contributed by atoms with E-state index < -0.39 is 0 Å². The Kier molecular flexibility index (Phi) is 1.63. The lowest BCUT2D eigenvalue weighted by Crippen LogP contribution is -1.71. The van der Waals surface area contributed by atoms with Crippen molar-refractivity contribution in [3.05, 3.63) is 30.3 Å². The topological polar surface area (TPSA) is 40.5 Å². The van der Waals surface area contributed by atoms with Gasteiger partial charge in [-0.05, 0) is 17.7 Å². The Morgan fingerprint density at radius 2 is 1.90 bits per heavy atom. The van der Waals surface area contributed by atoms with Gasteiger partial charge in [-0.1, -0.05) is 18.7 Å². The van der Waals surface area contributed by atoms with Gasteiger partial charge in [0.25, 0.3) is 0 Å². The van der Waals surface area contributed by atoms with Crippen LogP contribution >= 0.6 is 0 Å². The molecule has 1 aromatic rings. The van der Waals surface area contributed by atoms with E-state index in [0.717, 1.165) is 0 Å². The number of rotatable bonds is 1. The molecule has 0 unspecified atom stereocenters. The highest BCUT2D eigenvalue weighted by atomic mass is 16.3. The summed E-state index contributed by atoms with van der Waals surface area (Å²) in [7, 11) is 0. The van der Waals surface area contributed by atoms with E-state index in [1.165, 1.54) is 18.2 Å². The van der Waals surface area contributed by atoms with Gasteiger partial charge in [0.1, 0.15) is 0 Å². The van der Waals surface area contributed by atoms with Crippen LogP contribution in [0.4, 0.5) is 0 Å². The summed E-state index contributed by atoms with van der Waals surface area (Å²) in [6.07, 6.45) is 1.35. The smallest absolute Gasteiger partial charge is 0.157 e. The standard InChI is InChI=1S/C8H7O2/c1-2-6-3-4-7(9)8(10)5-6/h1-5,9-10H. The number of phenols is 2. The van der Waals surface area contributed by atoms with Crippen LogP contribution in [0.15, 0.2) is 18.2 Å². The van der Waals surface area contributed by atoms with Gasteiger partial charge in [-0.3, -0.25) is 0 Å². The Bertz CT molecular complexity index is 253. The molecule has 0 heterocycles. The quantitative estimate of drug-likeness (QED) is 0.573. The molecule has 2 N–H and O–H groups in total. The van der Waals surface area contributed by atoms with Crippen molar-refractivity contribution in [2.24, 2.45) is 0 Å². The fraction of sp³-hybridized carbons (Fsp3) is 0. The van der Waals surface area contributed by atoms with Crippen molar-refractivity contribution in [1.29, 1.82) is 0 Å². The van der Waals surface area contributed by atoms with E-state index >= 15 is 0 Å². The SMILES string of the molecule is [CH]=Cc1ccc(O)c(O)c1. The minimum Gasteiger partial charge on any atom is -0.504 e. The third-order valence-electron chi connectivity index (χ3n) is 1.19. The van der Waals surface area contributed by atoms with Crippen molar-refractivity contribution in [3.8, 4) is 11.5 Å². The molecule has 0 bridgehead atoms. The van der Waals surface area contributed by atoms with E-state index in [-0.39, 0.29) is 11.5 Å². The van der Waals surface area contributed by atoms with Crippen molar-refractivity contribution in [1.82, 2.24) is 0 Å². The molecule has 0 saturated carbocycles. The van der Waals surface area contributed by atoms with Crippen LogP contribution < -0.4 is 0 Å². The molecule has 0 fully saturated rings. The zero-order valence-electron chi connectivity index (χ0n) is 5.28. The maximum atomic E-state index is 8.91. The van der Waals surface area contributed by atoms with Crippen LogP contribution in [0.1, 0.15) is 5.56 Å². The summed E-state index contributed by atoms with van der Waals surface area (Å²) in [5.41, 5.74) is 0.676. The van der Waals surface area contributed by atoms with Gasteiger partial charge in [0.05, 0.1) is 0 Å². The minimum absolute atomic E-state index is 0.134. The summed E-state index contributed by atoms with van der Waals surface area (Å²) in [6, 6.07) is 4.37. The number of hydrogen-bond donors (Lipinski definition) is 2. The molecule has 1 rings (SSSR count).